The van der Waals surface area contributed by atoms with Gasteiger partial charge >= 0.3 is 6.18 Å². The summed E-state index contributed by atoms with van der Waals surface area (Å²) in [6.07, 6.45) is -3.84. The molecule has 0 aliphatic carbocycles. The lowest BCUT2D eigenvalue weighted by atomic mass is 10.0. The van der Waals surface area contributed by atoms with Crippen LogP contribution in [0.2, 0.25) is 0 Å². The van der Waals surface area contributed by atoms with E-state index in [2.05, 4.69) is 11.8 Å². The second kappa shape index (κ2) is 9.11. The van der Waals surface area contributed by atoms with Crippen LogP contribution in [0.3, 0.4) is 0 Å². The first-order chi connectivity index (χ1) is 14.2. The van der Waals surface area contributed by atoms with Gasteiger partial charge in [-0.3, -0.25) is 0 Å². The van der Waals surface area contributed by atoms with E-state index < -0.39 is 41.0 Å². The van der Waals surface area contributed by atoms with Crippen molar-refractivity contribution in [3.05, 3.63) is 70.0 Å². The molecule has 0 radical (unpaired) electrons. The minimum atomic E-state index is -4.84. The summed E-state index contributed by atoms with van der Waals surface area (Å²) in [6.45, 7) is 2.88. The molecule has 0 aromatic heterocycles. The Morgan fingerprint density at radius 1 is 0.933 bits per heavy atom. The fourth-order valence-electron chi connectivity index (χ4n) is 3.12. The van der Waals surface area contributed by atoms with Gasteiger partial charge in [-0.05, 0) is 36.8 Å². The predicted octanol–water partition coefficient (Wildman–Crippen LogP) is 5.98. The molecule has 2 nitrogen and oxygen atoms in total. The topological polar surface area (TPSA) is 18.5 Å². The SMILES string of the molecule is CCC[C@H]1CO[C@H](c2cc(F)c(C#Cc3ccc(C(F)(F)F)c(F)c3)c(F)c2)OC1. The number of halogens is 6. The Morgan fingerprint density at radius 3 is 2.10 bits per heavy atom. The van der Waals surface area contributed by atoms with Crippen LogP contribution in [0.25, 0.3) is 0 Å². The maximum atomic E-state index is 14.4. The molecule has 1 aliphatic heterocycles. The highest BCUT2D eigenvalue weighted by atomic mass is 19.4. The van der Waals surface area contributed by atoms with Gasteiger partial charge in [0.2, 0.25) is 0 Å². The second-order valence-corrected chi connectivity index (χ2v) is 6.96. The van der Waals surface area contributed by atoms with Gasteiger partial charge in [-0.25, -0.2) is 13.2 Å². The summed E-state index contributed by atoms with van der Waals surface area (Å²) in [4.78, 5) is 0. The summed E-state index contributed by atoms with van der Waals surface area (Å²) < 4.78 is 91.2. The first-order valence-electron chi connectivity index (χ1n) is 9.30. The van der Waals surface area contributed by atoms with Gasteiger partial charge in [0.1, 0.15) is 17.5 Å². The quantitative estimate of drug-likeness (QED) is 0.442. The molecule has 0 atom stereocenters. The Kier molecular flexibility index (Phi) is 6.74. The van der Waals surface area contributed by atoms with Crippen LogP contribution < -0.4 is 0 Å². The molecule has 2 aromatic rings. The number of hydrogen-bond acceptors (Lipinski definition) is 2. The van der Waals surface area contributed by atoms with Gasteiger partial charge in [0, 0.05) is 17.0 Å². The highest BCUT2D eigenvalue weighted by Crippen LogP contribution is 2.32. The lowest BCUT2D eigenvalue weighted by Gasteiger charge is -2.29. The van der Waals surface area contributed by atoms with Crippen molar-refractivity contribution in [1.82, 2.24) is 0 Å². The monoisotopic (exact) mass is 428 g/mol. The van der Waals surface area contributed by atoms with E-state index in [1.54, 1.807) is 0 Å². The molecule has 8 heteroatoms. The molecular formula is C22H18F6O2. The molecule has 0 bridgehead atoms. The lowest BCUT2D eigenvalue weighted by Crippen LogP contribution is -2.27. The zero-order chi connectivity index (χ0) is 21.9. The average molecular weight is 428 g/mol. The first kappa shape index (κ1) is 22.2. The second-order valence-electron chi connectivity index (χ2n) is 6.96. The fraction of sp³-hybridized carbons (Fsp3) is 0.364. The molecule has 0 N–H and O–H groups in total. The van der Waals surface area contributed by atoms with Crippen molar-refractivity contribution in [3.8, 4) is 11.8 Å². The van der Waals surface area contributed by atoms with Crippen molar-refractivity contribution in [2.45, 2.75) is 32.2 Å². The molecule has 1 fully saturated rings. The Hall–Kier alpha value is -2.50. The van der Waals surface area contributed by atoms with Crippen molar-refractivity contribution in [2.24, 2.45) is 5.92 Å². The van der Waals surface area contributed by atoms with E-state index in [9.17, 15) is 26.3 Å². The Bertz CT molecular complexity index is 943. The van der Waals surface area contributed by atoms with Crippen molar-refractivity contribution in [1.29, 1.82) is 0 Å². The van der Waals surface area contributed by atoms with Crippen molar-refractivity contribution < 1.29 is 35.8 Å². The molecule has 160 valence electrons. The molecule has 3 rings (SSSR count). The third-order valence-corrected chi connectivity index (χ3v) is 4.61. The van der Waals surface area contributed by atoms with E-state index >= 15 is 0 Å². The normalized spacial score (nSPS) is 19.3. The van der Waals surface area contributed by atoms with E-state index in [0.29, 0.717) is 25.3 Å². The number of ether oxygens (including phenoxy) is 2. The van der Waals surface area contributed by atoms with Crippen LogP contribution >= 0.6 is 0 Å². The van der Waals surface area contributed by atoms with Crippen molar-refractivity contribution in [3.63, 3.8) is 0 Å². The number of rotatable bonds is 3. The Labute approximate surface area is 169 Å². The van der Waals surface area contributed by atoms with Crippen molar-refractivity contribution in [2.75, 3.05) is 13.2 Å². The largest absolute Gasteiger partial charge is 0.419 e. The summed E-state index contributed by atoms with van der Waals surface area (Å²) in [5.41, 5.74) is -2.02. The Morgan fingerprint density at radius 2 is 1.57 bits per heavy atom. The molecule has 30 heavy (non-hydrogen) atoms. The minimum absolute atomic E-state index is 0.149. The van der Waals surface area contributed by atoms with Gasteiger partial charge < -0.3 is 9.47 Å². The summed E-state index contributed by atoms with van der Waals surface area (Å²) >= 11 is 0. The number of benzene rings is 2. The summed E-state index contributed by atoms with van der Waals surface area (Å²) in [5, 5.41) is 0. The number of hydrogen-bond donors (Lipinski definition) is 0. The van der Waals surface area contributed by atoms with Gasteiger partial charge in [-0.1, -0.05) is 25.2 Å². The van der Waals surface area contributed by atoms with Gasteiger partial charge in [-0.15, -0.1) is 0 Å². The third-order valence-electron chi connectivity index (χ3n) is 4.61. The van der Waals surface area contributed by atoms with Crippen LogP contribution in [0.15, 0.2) is 30.3 Å². The summed E-state index contributed by atoms with van der Waals surface area (Å²) in [7, 11) is 0. The standard InChI is InChI=1S/C22H18F6O2/c1-2-3-14-11-29-21(30-12-14)15-9-18(23)16(19(24)10-15)6-4-13-5-7-17(20(25)8-13)22(26,27)28/h5,7-10,14,21H,2-3,11-12H2,1H3/t14-,21-. The van der Waals surface area contributed by atoms with Crippen LogP contribution in [0.1, 0.15) is 48.3 Å². The predicted molar refractivity (Wildman–Crippen MR) is 96.8 cm³/mol. The maximum absolute atomic E-state index is 14.4. The molecule has 0 unspecified atom stereocenters. The highest BCUT2D eigenvalue weighted by molar-refractivity contribution is 5.46. The van der Waals surface area contributed by atoms with Crippen LogP contribution in [-0.2, 0) is 15.7 Å². The zero-order valence-corrected chi connectivity index (χ0v) is 16.0. The summed E-state index contributed by atoms with van der Waals surface area (Å²) in [5.74, 6) is 1.25. The molecule has 0 saturated carbocycles. The van der Waals surface area contributed by atoms with Crippen LogP contribution in [0, 0.1) is 35.2 Å². The van der Waals surface area contributed by atoms with E-state index in [4.69, 9.17) is 9.47 Å². The van der Waals surface area contributed by atoms with Gasteiger partial charge in [0.15, 0.2) is 6.29 Å². The highest BCUT2D eigenvalue weighted by Gasteiger charge is 2.33. The Balaban J connectivity index is 1.79. The summed E-state index contributed by atoms with van der Waals surface area (Å²) in [6, 6.07) is 4.09. The van der Waals surface area contributed by atoms with E-state index in [1.807, 2.05) is 6.92 Å². The molecule has 1 aliphatic rings. The van der Waals surface area contributed by atoms with Gasteiger partial charge in [0.05, 0.1) is 24.3 Å². The minimum Gasteiger partial charge on any atom is -0.348 e. The smallest absolute Gasteiger partial charge is 0.348 e. The van der Waals surface area contributed by atoms with Gasteiger partial charge in [-0.2, -0.15) is 13.2 Å². The first-order valence-corrected chi connectivity index (χ1v) is 9.30. The molecule has 1 saturated heterocycles. The number of alkyl halides is 3. The molecule has 1 heterocycles. The average Bonchev–Trinajstić information content (AvgIpc) is 2.67. The molecular weight excluding hydrogens is 410 g/mol. The van der Waals surface area contributed by atoms with Crippen LogP contribution in [-0.4, -0.2) is 13.2 Å². The van der Waals surface area contributed by atoms with E-state index in [1.165, 1.54) is 0 Å². The van der Waals surface area contributed by atoms with Crippen molar-refractivity contribution >= 4 is 0 Å². The molecule has 0 amide bonds. The van der Waals surface area contributed by atoms with E-state index in [0.717, 1.165) is 31.0 Å². The molecule has 0 spiro atoms. The van der Waals surface area contributed by atoms with E-state index in [-0.39, 0.29) is 17.0 Å². The third kappa shape index (κ3) is 5.15. The fourth-order valence-corrected chi connectivity index (χ4v) is 3.12. The van der Waals surface area contributed by atoms with Gasteiger partial charge in [0.25, 0.3) is 0 Å². The molecule has 2 aromatic carbocycles. The lowest BCUT2D eigenvalue weighted by molar-refractivity contribution is -0.206. The maximum Gasteiger partial charge on any atom is 0.419 e. The van der Waals surface area contributed by atoms with Crippen LogP contribution in [0.4, 0.5) is 26.3 Å². The zero-order valence-electron chi connectivity index (χ0n) is 16.0. The van der Waals surface area contributed by atoms with Crippen LogP contribution in [0.5, 0.6) is 0 Å².